The van der Waals surface area contributed by atoms with E-state index in [1.54, 1.807) is 18.6 Å². The molecule has 0 spiro atoms. The molecule has 0 radical (unpaired) electrons. The Bertz CT molecular complexity index is 559. The molecule has 1 aromatic heterocycles. The Hall–Kier alpha value is -2.36. The number of carbonyl (C=O) groups excluding carboxylic acids is 1. The van der Waals surface area contributed by atoms with Crippen molar-refractivity contribution in [1.29, 1.82) is 0 Å². The Labute approximate surface area is 112 Å². The van der Waals surface area contributed by atoms with Crippen LogP contribution in [0.25, 0.3) is 6.08 Å². The SMILES string of the molecule is Cc1cccc(C=CC(=O)NCCc2cnc[nH]2)c1. The van der Waals surface area contributed by atoms with Crippen molar-refractivity contribution in [2.24, 2.45) is 0 Å². The number of carbonyl (C=O) groups is 1. The summed E-state index contributed by atoms with van der Waals surface area (Å²) in [6.45, 7) is 2.63. The van der Waals surface area contributed by atoms with E-state index in [2.05, 4.69) is 15.3 Å². The monoisotopic (exact) mass is 255 g/mol. The number of H-pyrrole nitrogens is 1. The lowest BCUT2D eigenvalue weighted by Gasteiger charge is -2.00. The smallest absolute Gasteiger partial charge is 0.244 e. The summed E-state index contributed by atoms with van der Waals surface area (Å²) in [5.41, 5.74) is 3.23. The van der Waals surface area contributed by atoms with Gasteiger partial charge in [-0.05, 0) is 18.6 Å². The number of amides is 1. The molecule has 2 rings (SSSR count). The third-order valence-electron chi connectivity index (χ3n) is 2.72. The molecule has 0 bridgehead atoms. The molecule has 19 heavy (non-hydrogen) atoms. The summed E-state index contributed by atoms with van der Waals surface area (Å²) in [4.78, 5) is 18.5. The fraction of sp³-hybridized carbons (Fsp3) is 0.200. The standard InChI is InChI=1S/C15H17N3O/c1-12-3-2-4-13(9-12)5-6-15(19)17-8-7-14-10-16-11-18-14/h2-6,9-11H,7-8H2,1H3,(H,16,18)(H,17,19). The third kappa shape index (κ3) is 4.43. The zero-order valence-corrected chi connectivity index (χ0v) is 10.9. The first-order valence-electron chi connectivity index (χ1n) is 6.24. The lowest BCUT2D eigenvalue weighted by atomic mass is 10.1. The topological polar surface area (TPSA) is 57.8 Å². The number of nitrogens with zero attached hydrogens (tertiary/aromatic N) is 1. The van der Waals surface area contributed by atoms with Crippen molar-refractivity contribution < 1.29 is 4.79 Å². The average molecular weight is 255 g/mol. The van der Waals surface area contributed by atoms with Crippen LogP contribution >= 0.6 is 0 Å². The van der Waals surface area contributed by atoms with Crippen molar-refractivity contribution in [2.45, 2.75) is 13.3 Å². The number of aryl methyl sites for hydroxylation is 1. The van der Waals surface area contributed by atoms with Gasteiger partial charge in [-0.15, -0.1) is 0 Å². The first-order valence-corrected chi connectivity index (χ1v) is 6.24. The average Bonchev–Trinajstić information content (AvgIpc) is 2.90. The van der Waals surface area contributed by atoms with E-state index in [1.807, 2.05) is 37.3 Å². The Morgan fingerprint density at radius 2 is 2.37 bits per heavy atom. The predicted octanol–water partition coefficient (Wildman–Crippen LogP) is 2.09. The Morgan fingerprint density at radius 1 is 1.47 bits per heavy atom. The Morgan fingerprint density at radius 3 is 3.11 bits per heavy atom. The van der Waals surface area contributed by atoms with E-state index in [1.165, 1.54) is 5.56 Å². The molecule has 2 N–H and O–H groups in total. The summed E-state index contributed by atoms with van der Waals surface area (Å²) in [7, 11) is 0. The number of benzene rings is 1. The number of nitrogens with one attached hydrogen (secondary N) is 2. The lowest BCUT2D eigenvalue weighted by Crippen LogP contribution is -2.23. The van der Waals surface area contributed by atoms with Crippen LogP contribution in [-0.4, -0.2) is 22.4 Å². The molecule has 4 heteroatoms. The summed E-state index contributed by atoms with van der Waals surface area (Å²) in [5, 5.41) is 2.83. The molecule has 0 aliphatic heterocycles. The maximum atomic E-state index is 11.6. The maximum absolute atomic E-state index is 11.6. The van der Waals surface area contributed by atoms with Crippen LogP contribution in [0.3, 0.4) is 0 Å². The van der Waals surface area contributed by atoms with E-state index in [9.17, 15) is 4.79 Å². The van der Waals surface area contributed by atoms with Gasteiger partial charge in [0.1, 0.15) is 0 Å². The van der Waals surface area contributed by atoms with Crippen molar-refractivity contribution in [1.82, 2.24) is 15.3 Å². The van der Waals surface area contributed by atoms with Crippen LogP contribution in [0.1, 0.15) is 16.8 Å². The number of imidazole rings is 1. The highest BCUT2D eigenvalue weighted by Gasteiger charge is 1.97. The second-order valence-electron chi connectivity index (χ2n) is 4.37. The van der Waals surface area contributed by atoms with Gasteiger partial charge < -0.3 is 10.3 Å². The molecule has 1 aromatic carbocycles. The van der Waals surface area contributed by atoms with Crippen LogP contribution in [0.15, 0.2) is 42.9 Å². The van der Waals surface area contributed by atoms with Gasteiger partial charge in [0.15, 0.2) is 0 Å². The molecule has 0 saturated heterocycles. The molecule has 0 aliphatic carbocycles. The summed E-state index contributed by atoms with van der Waals surface area (Å²) in [5.74, 6) is -0.0824. The zero-order chi connectivity index (χ0) is 13.5. The highest BCUT2D eigenvalue weighted by atomic mass is 16.1. The first kappa shape index (κ1) is 13.1. The van der Waals surface area contributed by atoms with Gasteiger partial charge in [-0.25, -0.2) is 4.98 Å². The normalized spacial score (nSPS) is 10.8. The second-order valence-corrected chi connectivity index (χ2v) is 4.37. The second kappa shape index (κ2) is 6.54. The van der Waals surface area contributed by atoms with Crippen molar-refractivity contribution in [3.63, 3.8) is 0 Å². The van der Waals surface area contributed by atoms with Gasteiger partial charge in [0.05, 0.1) is 6.33 Å². The minimum absolute atomic E-state index is 0.0824. The number of aromatic amines is 1. The van der Waals surface area contributed by atoms with Crippen LogP contribution in [0.5, 0.6) is 0 Å². The van der Waals surface area contributed by atoms with Crippen molar-refractivity contribution in [2.75, 3.05) is 6.54 Å². The third-order valence-corrected chi connectivity index (χ3v) is 2.72. The van der Waals surface area contributed by atoms with Crippen molar-refractivity contribution in [3.8, 4) is 0 Å². The quantitative estimate of drug-likeness (QED) is 0.804. The number of hydrogen-bond acceptors (Lipinski definition) is 2. The van der Waals surface area contributed by atoms with E-state index >= 15 is 0 Å². The minimum Gasteiger partial charge on any atom is -0.352 e. The number of aromatic nitrogens is 2. The highest BCUT2D eigenvalue weighted by molar-refractivity contribution is 5.91. The Kier molecular flexibility index (Phi) is 4.50. The van der Waals surface area contributed by atoms with Crippen LogP contribution in [0.4, 0.5) is 0 Å². The predicted molar refractivity (Wildman–Crippen MR) is 75.5 cm³/mol. The molecule has 4 nitrogen and oxygen atoms in total. The molecule has 0 aliphatic rings. The van der Waals surface area contributed by atoms with Gasteiger partial charge in [-0.2, -0.15) is 0 Å². The number of rotatable bonds is 5. The van der Waals surface area contributed by atoms with Gasteiger partial charge in [0, 0.05) is 30.9 Å². The molecule has 98 valence electrons. The summed E-state index contributed by atoms with van der Waals surface area (Å²) < 4.78 is 0. The van der Waals surface area contributed by atoms with E-state index in [4.69, 9.17) is 0 Å². The molecule has 2 aromatic rings. The van der Waals surface area contributed by atoms with Crippen LogP contribution in [-0.2, 0) is 11.2 Å². The van der Waals surface area contributed by atoms with Gasteiger partial charge in [-0.1, -0.05) is 29.8 Å². The van der Waals surface area contributed by atoms with Gasteiger partial charge in [-0.3, -0.25) is 4.79 Å². The summed E-state index contributed by atoms with van der Waals surface area (Å²) in [6, 6.07) is 8.02. The van der Waals surface area contributed by atoms with Crippen molar-refractivity contribution in [3.05, 3.63) is 59.7 Å². The molecule has 0 unspecified atom stereocenters. The van der Waals surface area contributed by atoms with E-state index in [-0.39, 0.29) is 5.91 Å². The molecular weight excluding hydrogens is 238 g/mol. The van der Waals surface area contributed by atoms with Gasteiger partial charge in [0.2, 0.25) is 5.91 Å². The van der Waals surface area contributed by atoms with Gasteiger partial charge in [0.25, 0.3) is 0 Å². The van der Waals surface area contributed by atoms with E-state index in [0.29, 0.717) is 6.54 Å². The van der Waals surface area contributed by atoms with Crippen molar-refractivity contribution >= 4 is 12.0 Å². The molecule has 1 amide bonds. The molecule has 0 atom stereocenters. The largest absolute Gasteiger partial charge is 0.352 e. The number of hydrogen-bond donors (Lipinski definition) is 2. The summed E-state index contributed by atoms with van der Waals surface area (Å²) in [6.07, 6.45) is 7.52. The molecule has 1 heterocycles. The first-order chi connectivity index (χ1) is 9.24. The molecule has 0 saturated carbocycles. The summed E-state index contributed by atoms with van der Waals surface area (Å²) >= 11 is 0. The maximum Gasteiger partial charge on any atom is 0.244 e. The zero-order valence-electron chi connectivity index (χ0n) is 10.9. The van der Waals surface area contributed by atoms with E-state index < -0.39 is 0 Å². The molecular formula is C15H17N3O. The van der Waals surface area contributed by atoms with Crippen LogP contribution in [0, 0.1) is 6.92 Å². The van der Waals surface area contributed by atoms with Crippen LogP contribution in [0.2, 0.25) is 0 Å². The fourth-order valence-electron chi connectivity index (χ4n) is 1.75. The Balaban J connectivity index is 1.78. The van der Waals surface area contributed by atoms with Crippen LogP contribution < -0.4 is 5.32 Å². The lowest BCUT2D eigenvalue weighted by molar-refractivity contribution is -0.116. The fourth-order valence-corrected chi connectivity index (χ4v) is 1.75. The van der Waals surface area contributed by atoms with Gasteiger partial charge >= 0.3 is 0 Å². The molecule has 0 fully saturated rings. The van der Waals surface area contributed by atoms with E-state index in [0.717, 1.165) is 17.7 Å². The minimum atomic E-state index is -0.0824. The highest BCUT2D eigenvalue weighted by Crippen LogP contribution is 2.05.